The number of halogens is 1. The van der Waals surface area contributed by atoms with Gasteiger partial charge in [0.2, 0.25) is 5.95 Å². The predicted molar refractivity (Wildman–Crippen MR) is 123 cm³/mol. The second-order valence-electron chi connectivity index (χ2n) is 7.17. The Hall–Kier alpha value is -3.16. The number of carbonyl (C=O) groups is 1. The molecule has 0 spiro atoms. The number of carbonyl (C=O) groups excluding carboxylic acids is 1. The monoisotopic (exact) mass is 452 g/mol. The molecule has 2 aromatic carbocycles. The van der Waals surface area contributed by atoms with Crippen LogP contribution in [-0.4, -0.2) is 20.7 Å². The largest absolute Gasteiger partial charge is 0.489 e. The Bertz CT molecular complexity index is 1220. The number of benzene rings is 2. The molecule has 2 aromatic heterocycles. The van der Waals surface area contributed by atoms with Crippen molar-refractivity contribution in [2.75, 3.05) is 5.32 Å². The molecular weight excluding hydrogens is 432 g/mol. The molecule has 0 aliphatic heterocycles. The van der Waals surface area contributed by atoms with Crippen molar-refractivity contribution in [3.8, 4) is 5.75 Å². The van der Waals surface area contributed by atoms with Gasteiger partial charge in [0.15, 0.2) is 0 Å². The lowest BCUT2D eigenvalue weighted by Gasteiger charge is -2.07. The highest BCUT2D eigenvalue weighted by molar-refractivity contribution is 7.12. The van der Waals surface area contributed by atoms with E-state index in [0.29, 0.717) is 23.1 Å². The Morgan fingerprint density at radius 3 is 2.81 bits per heavy atom. The molecule has 4 rings (SSSR count). The van der Waals surface area contributed by atoms with Crippen LogP contribution in [0.3, 0.4) is 0 Å². The molecule has 0 aliphatic carbocycles. The Morgan fingerprint density at radius 1 is 1.16 bits per heavy atom. The van der Waals surface area contributed by atoms with Gasteiger partial charge in [0.05, 0.1) is 11.4 Å². The van der Waals surface area contributed by atoms with Crippen molar-refractivity contribution >= 4 is 34.8 Å². The van der Waals surface area contributed by atoms with E-state index in [-0.39, 0.29) is 11.9 Å². The van der Waals surface area contributed by atoms with Gasteiger partial charge in [0.1, 0.15) is 18.7 Å². The molecule has 1 N–H and O–H groups in total. The first-order valence-electron chi connectivity index (χ1n) is 9.69. The number of nitrogens with one attached hydrogen (secondary N) is 1. The molecular formula is C23H21ClN4O2S. The molecule has 0 unspecified atom stereocenters. The summed E-state index contributed by atoms with van der Waals surface area (Å²) >= 11 is 7.54. The quantitative estimate of drug-likeness (QED) is 0.402. The summed E-state index contributed by atoms with van der Waals surface area (Å²) in [5, 5.41) is 9.62. The van der Waals surface area contributed by atoms with Crippen LogP contribution in [0, 0.1) is 13.8 Å². The number of aryl methyl sites for hydroxylation is 2. The lowest BCUT2D eigenvalue weighted by atomic mass is 10.1. The van der Waals surface area contributed by atoms with E-state index in [1.54, 1.807) is 11.0 Å². The topological polar surface area (TPSA) is 69.0 Å². The third-order valence-corrected chi connectivity index (χ3v) is 6.16. The zero-order chi connectivity index (χ0) is 21.8. The van der Waals surface area contributed by atoms with Crippen LogP contribution in [0.25, 0.3) is 0 Å². The van der Waals surface area contributed by atoms with Crippen LogP contribution in [0.1, 0.15) is 31.9 Å². The maximum Gasteiger partial charge on any atom is 0.268 e. The number of rotatable bonds is 7. The minimum atomic E-state index is -0.252. The van der Waals surface area contributed by atoms with Crippen LogP contribution in [-0.2, 0) is 13.2 Å². The molecule has 0 bridgehead atoms. The predicted octanol–water partition coefficient (Wildman–Crippen LogP) is 5.49. The zero-order valence-electron chi connectivity index (χ0n) is 17.1. The molecule has 0 fully saturated rings. The number of anilines is 1. The van der Waals surface area contributed by atoms with Crippen LogP contribution in [0.2, 0.25) is 5.02 Å². The van der Waals surface area contributed by atoms with Crippen molar-refractivity contribution in [1.82, 2.24) is 14.8 Å². The number of thiophene rings is 1. The van der Waals surface area contributed by atoms with E-state index in [0.717, 1.165) is 16.9 Å². The number of ether oxygens (including phenoxy) is 1. The third kappa shape index (κ3) is 5.31. The van der Waals surface area contributed by atoms with E-state index < -0.39 is 0 Å². The van der Waals surface area contributed by atoms with Gasteiger partial charge in [-0.3, -0.25) is 10.1 Å². The number of amides is 1. The summed E-state index contributed by atoms with van der Waals surface area (Å²) in [6.45, 7) is 5.00. The van der Waals surface area contributed by atoms with Crippen LogP contribution in [0.5, 0.6) is 5.75 Å². The van der Waals surface area contributed by atoms with Gasteiger partial charge >= 0.3 is 0 Å². The van der Waals surface area contributed by atoms with E-state index in [1.165, 1.54) is 22.5 Å². The van der Waals surface area contributed by atoms with Crippen molar-refractivity contribution in [3.63, 3.8) is 0 Å². The highest BCUT2D eigenvalue weighted by Crippen LogP contribution is 2.21. The van der Waals surface area contributed by atoms with Gasteiger partial charge < -0.3 is 4.74 Å². The molecule has 0 aliphatic rings. The second kappa shape index (κ2) is 9.32. The number of hydrogen-bond acceptors (Lipinski definition) is 5. The summed E-state index contributed by atoms with van der Waals surface area (Å²) in [6, 6.07) is 15.4. The SMILES string of the molecule is Cc1ccc(OCc2csc(C(=O)Nc3ncn(Cc4ccccc4Cl)n3)c2)cc1C. The normalized spacial score (nSPS) is 10.8. The molecule has 8 heteroatoms. The summed E-state index contributed by atoms with van der Waals surface area (Å²) in [7, 11) is 0. The first kappa shape index (κ1) is 21.1. The molecule has 0 radical (unpaired) electrons. The minimum Gasteiger partial charge on any atom is -0.489 e. The Kier molecular flexibility index (Phi) is 6.34. The van der Waals surface area contributed by atoms with Crippen molar-refractivity contribution < 1.29 is 9.53 Å². The summed E-state index contributed by atoms with van der Waals surface area (Å²) in [4.78, 5) is 17.3. The highest BCUT2D eigenvalue weighted by Gasteiger charge is 2.13. The smallest absolute Gasteiger partial charge is 0.268 e. The molecule has 1 amide bonds. The second-order valence-corrected chi connectivity index (χ2v) is 8.48. The van der Waals surface area contributed by atoms with E-state index in [1.807, 2.05) is 53.9 Å². The minimum absolute atomic E-state index is 0.249. The van der Waals surface area contributed by atoms with Gasteiger partial charge in [-0.15, -0.1) is 16.4 Å². The van der Waals surface area contributed by atoms with Gasteiger partial charge in [0, 0.05) is 10.6 Å². The van der Waals surface area contributed by atoms with Crippen molar-refractivity contribution in [2.24, 2.45) is 0 Å². The number of hydrogen-bond donors (Lipinski definition) is 1. The molecule has 2 heterocycles. The van der Waals surface area contributed by atoms with E-state index in [9.17, 15) is 4.79 Å². The van der Waals surface area contributed by atoms with Crippen LogP contribution in [0.4, 0.5) is 5.95 Å². The van der Waals surface area contributed by atoms with Crippen molar-refractivity contribution in [3.05, 3.63) is 92.4 Å². The van der Waals surface area contributed by atoms with Gasteiger partial charge in [-0.1, -0.05) is 35.9 Å². The molecule has 0 atom stereocenters. The first-order chi connectivity index (χ1) is 15.0. The first-order valence-corrected chi connectivity index (χ1v) is 11.0. The fourth-order valence-corrected chi connectivity index (χ4v) is 3.92. The van der Waals surface area contributed by atoms with E-state index in [4.69, 9.17) is 16.3 Å². The molecule has 31 heavy (non-hydrogen) atoms. The van der Waals surface area contributed by atoms with Crippen molar-refractivity contribution in [2.45, 2.75) is 27.0 Å². The maximum atomic E-state index is 12.6. The van der Waals surface area contributed by atoms with Crippen LogP contribution >= 0.6 is 22.9 Å². The Morgan fingerprint density at radius 2 is 2.00 bits per heavy atom. The van der Waals surface area contributed by atoms with Crippen LogP contribution < -0.4 is 10.1 Å². The molecule has 0 saturated heterocycles. The fraction of sp³-hybridized carbons (Fsp3) is 0.174. The summed E-state index contributed by atoms with van der Waals surface area (Å²) in [5.41, 5.74) is 4.28. The molecule has 158 valence electrons. The summed E-state index contributed by atoms with van der Waals surface area (Å²) < 4.78 is 7.48. The van der Waals surface area contributed by atoms with Gasteiger partial charge in [-0.2, -0.15) is 0 Å². The molecule has 4 aromatic rings. The summed E-state index contributed by atoms with van der Waals surface area (Å²) in [5.74, 6) is 0.810. The number of aromatic nitrogens is 3. The van der Waals surface area contributed by atoms with E-state index in [2.05, 4.69) is 29.2 Å². The van der Waals surface area contributed by atoms with E-state index >= 15 is 0 Å². The lowest BCUT2D eigenvalue weighted by Crippen LogP contribution is -2.12. The highest BCUT2D eigenvalue weighted by atomic mass is 35.5. The lowest BCUT2D eigenvalue weighted by molar-refractivity contribution is 0.102. The average Bonchev–Trinajstić information content (AvgIpc) is 3.40. The molecule has 0 saturated carbocycles. The fourth-order valence-electron chi connectivity index (χ4n) is 2.93. The summed E-state index contributed by atoms with van der Waals surface area (Å²) in [6.07, 6.45) is 1.57. The average molecular weight is 453 g/mol. The Labute approximate surface area is 189 Å². The number of nitrogens with zero attached hydrogens (tertiary/aromatic N) is 3. The third-order valence-electron chi connectivity index (χ3n) is 4.81. The van der Waals surface area contributed by atoms with Gasteiger partial charge in [0.25, 0.3) is 5.91 Å². The standard InChI is InChI=1S/C23H21ClN4O2S/c1-15-7-8-19(9-16(15)2)30-12-17-10-21(31-13-17)22(29)26-23-25-14-28(27-23)11-18-5-3-4-6-20(18)24/h3-10,13-14H,11-12H2,1-2H3,(H,26,27,29). The molecule has 6 nitrogen and oxygen atoms in total. The maximum absolute atomic E-state index is 12.6. The van der Waals surface area contributed by atoms with Crippen LogP contribution in [0.15, 0.2) is 60.2 Å². The zero-order valence-corrected chi connectivity index (χ0v) is 18.7. The van der Waals surface area contributed by atoms with Crippen molar-refractivity contribution in [1.29, 1.82) is 0 Å². The van der Waals surface area contributed by atoms with Gasteiger partial charge in [-0.25, -0.2) is 9.67 Å². The van der Waals surface area contributed by atoms with Gasteiger partial charge in [-0.05, 0) is 60.2 Å². The Balaban J connectivity index is 1.34.